The van der Waals surface area contributed by atoms with Crippen LogP contribution in [0, 0.1) is 6.92 Å². The van der Waals surface area contributed by atoms with Crippen molar-refractivity contribution in [1.29, 1.82) is 0 Å². The van der Waals surface area contributed by atoms with Gasteiger partial charge in [0.25, 0.3) is 0 Å². The average molecular weight is 247 g/mol. The Morgan fingerprint density at radius 3 is 2.72 bits per heavy atom. The number of rotatable bonds is 4. The van der Waals surface area contributed by atoms with Gasteiger partial charge < -0.3 is 20.9 Å². The van der Waals surface area contributed by atoms with Gasteiger partial charge in [-0.2, -0.15) is 15.0 Å². The Morgan fingerprint density at radius 1 is 1.33 bits per heavy atom. The molecule has 0 saturated carbocycles. The fourth-order valence-corrected chi connectivity index (χ4v) is 1.51. The van der Waals surface area contributed by atoms with Crippen LogP contribution in [0.5, 0.6) is 0 Å². The monoisotopic (exact) mass is 247 g/mol. The Hall–Kier alpha value is -2.31. The molecule has 0 bridgehead atoms. The molecule has 0 fully saturated rings. The number of hydrogen-bond acceptors (Lipinski definition) is 6. The summed E-state index contributed by atoms with van der Waals surface area (Å²) in [5.41, 5.74) is 7.93. The first-order chi connectivity index (χ1) is 8.56. The van der Waals surface area contributed by atoms with Crippen LogP contribution in [0.4, 0.5) is 17.8 Å². The normalized spacial score (nSPS) is 10.4. The van der Waals surface area contributed by atoms with Crippen LogP contribution < -0.4 is 16.0 Å². The summed E-state index contributed by atoms with van der Waals surface area (Å²) in [7, 11) is 3.71. The number of aromatic nitrogens is 4. The minimum Gasteiger partial charge on any atom is -0.368 e. The third-order valence-corrected chi connectivity index (χ3v) is 2.54. The highest BCUT2D eigenvalue weighted by Crippen LogP contribution is 2.11. The van der Waals surface area contributed by atoms with Crippen LogP contribution in [0.25, 0.3) is 0 Å². The molecular weight excluding hydrogens is 230 g/mol. The molecule has 2 heterocycles. The molecule has 0 aliphatic carbocycles. The smallest absolute Gasteiger partial charge is 0.231 e. The van der Waals surface area contributed by atoms with Crippen molar-refractivity contribution in [2.75, 3.05) is 30.0 Å². The van der Waals surface area contributed by atoms with Gasteiger partial charge in [0.1, 0.15) is 0 Å². The van der Waals surface area contributed by atoms with Gasteiger partial charge >= 0.3 is 0 Å². The number of anilines is 3. The predicted octanol–water partition coefficient (Wildman–Crippen LogP) is 0.768. The van der Waals surface area contributed by atoms with E-state index in [9.17, 15) is 0 Å². The van der Waals surface area contributed by atoms with Crippen molar-refractivity contribution in [3.05, 3.63) is 23.5 Å². The lowest BCUT2D eigenvalue weighted by Crippen LogP contribution is -2.16. The van der Waals surface area contributed by atoms with Crippen molar-refractivity contribution in [3.8, 4) is 0 Å². The molecule has 18 heavy (non-hydrogen) atoms. The number of nitrogens with one attached hydrogen (secondary N) is 2. The molecular formula is C11H17N7. The maximum absolute atomic E-state index is 5.64. The topological polar surface area (TPSA) is 95.8 Å². The van der Waals surface area contributed by atoms with Crippen molar-refractivity contribution >= 4 is 17.8 Å². The van der Waals surface area contributed by atoms with Gasteiger partial charge in [-0.25, -0.2) is 0 Å². The van der Waals surface area contributed by atoms with Gasteiger partial charge in [0.2, 0.25) is 17.8 Å². The summed E-state index contributed by atoms with van der Waals surface area (Å²) < 4.78 is 0. The first-order valence-corrected chi connectivity index (χ1v) is 5.62. The lowest BCUT2D eigenvalue weighted by molar-refractivity contribution is 0.948. The summed E-state index contributed by atoms with van der Waals surface area (Å²) >= 11 is 0. The highest BCUT2D eigenvalue weighted by Gasteiger charge is 2.06. The van der Waals surface area contributed by atoms with E-state index in [1.165, 1.54) is 5.56 Å². The molecule has 2 rings (SSSR count). The van der Waals surface area contributed by atoms with Gasteiger partial charge in [0, 0.05) is 32.5 Å². The van der Waals surface area contributed by atoms with Crippen LogP contribution in [0.3, 0.4) is 0 Å². The van der Waals surface area contributed by atoms with Crippen molar-refractivity contribution < 1.29 is 0 Å². The molecule has 0 spiro atoms. The van der Waals surface area contributed by atoms with E-state index in [-0.39, 0.29) is 5.95 Å². The molecule has 0 radical (unpaired) electrons. The van der Waals surface area contributed by atoms with Crippen molar-refractivity contribution in [2.45, 2.75) is 13.5 Å². The zero-order valence-electron chi connectivity index (χ0n) is 10.7. The molecule has 4 N–H and O–H groups in total. The van der Waals surface area contributed by atoms with Gasteiger partial charge in [-0.15, -0.1) is 0 Å². The number of nitrogen functional groups attached to an aromatic ring is 1. The summed E-state index contributed by atoms with van der Waals surface area (Å²) in [6, 6.07) is 2.01. The van der Waals surface area contributed by atoms with Crippen LogP contribution in [0.2, 0.25) is 0 Å². The van der Waals surface area contributed by atoms with E-state index in [1.54, 1.807) is 4.90 Å². The van der Waals surface area contributed by atoms with E-state index < -0.39 is 0 Å². The number of aromatic amines is 1. The molecule has 0 unspecified atom stereocenters. The maximum Gasteiger partial charge on any atom is 0.231 e. The number of H-pyrrole nitrogens is 1. The highest BCUT2D eigenvalue weighted by molar-refractivity contribution is 5.41. The largest absolute Gasteiger partial charge is 0.368 e. The second kappa shape index (κ2) is 4.91. The van der Waals surface area contributed by atoms with Crippen LogP contribution in [-0.4, -0.2) is 34.0 Å². The molecule has 0 aromatic carbocycles. The van der Waals surface area contributed by atoms with E-state index in [0.29, 0.717) is 18.4 Å². The second-order valence-electron chi connectivity index (χ2n) is 4.19. The third-order valence-electron chi connectivity index (χ3n) is 2.54. The predicted molar refractivity (Wildman–Crippen MR) is 71.4 cm³/mol. The van der Waals surface area contributed by atoms with Gasteiger partial charge in [-0.05, 0) is 18.6 Å². The number of nitrogens with zero attached hydrogens (tertiary/aromatic N) is 4. The van der Waals surface area contributed by atoms with Crippen molar-refractivity contribution in [1.82, 2.24) is 19.9 Å². The number of aryl methyl sites for hydroxylation is 1. The van der Waals surface area contributed by atoms with Crippen molar-refractivity contribution in [3.63, 3.8) is 0 Å². The fourth-order valence-electron chi connectivity index (χ4n) is 1.51. The lowest BCUT2D eigenvalue weighted by Gasteiger charge is -2.12. The van der Waals surface area contributed by atoms with Crippen LogP contribution in [-0.2, 0) is 6.54 Å². The Morgan fingerprint density at radius 2 is 2.11 bits per heavy atom. The van der Waals surface area contributed by atoms with E-state index >= 15 is 0 Å². The average Bonchev–Trinajstić information content (AvgIpc) is 2.71. The minimum atomic E-state index is 0.210. The first-order valence-electron chi connectivity index (χ1n) is 5.62. The summed E-state index contributed by atoms with van der Waals surface area (Å²) in [6.45, 7) is 2.66. The quantitative estimate of drug-likeness (QED) is 0.738. The molecule has 2 aromatic heterocycles. The highest BCUT2D eigenvalue weighted by atomic mass is 15.3. The molecule has 0 atom stereocenters. The standard InChI is InChI=1S/C11H17N7/c1-7-8(4-5-13-7)6-14-10-15-9(12)16-11(17-10)18(2)3/h4-5,13H,6H2,1-3H3,(H3,12,14,15,16,17). The summed E-state index contributed by atoms with van der Waals surface area (Å²) in [5, 5.41) is 3.14. The minimum absolute atomic E-state index is 0.210. The van der Waals surface area contributed by atoms with E-state index in [2.05, 4.69) is 25.3 Å². The Bertz CT molecular complexity index is 532. The van der Waals surface area contributed by atoms with E-state index in [4.69, 9.17) is 5.73 Å². The Kier molecular flexibility index (Phi) is 3.31. The molecule has 96 valence electrons. The summed E-state index contributed by atoms with van der Waals surface area (Å²) in [6.07, 6.45) is 1.90. The molecule has 2 aromatic rings. The Labute approximate surface area is 105 Å². The lowest BCUT2D eigenvalue weighted by atomic mass is 10.2. The van der Waals surface area contributed by atoms with Crippen LogP contribution in [0.15, 0.2) is 12.3 Å². The summed E-state index contributed by atoms with van der Waals surface area (Å²) in [4.78, 5) is 17.3. The van der Waals surface area contributed by atoms with Gasteiger partial charge in [-0.1, -0.05) is 0 Å². The second-order valence-corrected chi connectivity index (χ2v) is 4.19. The summed E-state index contributed by atoms with van der Waals surface area (Å²) in [5.74, 6) is 1.23. The van der Waals surface area contributed by atoms with Gasteiger partial charge in [0.15, 0.2) is 0 Å². The molecule has 0 amide bonds. The molecule has 0 saturated heterocycles. The molecule has 0 aliphatic rings. The zero-order valence-corrected chi connectivity index (χ0v) is 10.7. The van der Waals surface area contributed by atoms with Gasteiger partial charge in [-0.3, -0.25) is 0 Å². The fraction of sp³-hybridized carbons (Fsp3) is 0.364. The Balaban J connectivity index is 2.12. The first kappa shape index (κ1) is 12.2. The molecule has 0 aliphatic heterocycles. The molecule has 7 heteroatoms. The maximum atomic E-state index is 5.64. The van der Waals surface area contributed by atoms with E-state index in [0.717, 1.165) is 5.69 Å². The zero-order chi connectivity index (χ0) is 13.1. The number of hydrogen-bond donors (Lipinski definition) is 3. The molecule has 7 nitrogen and oxygen atoms in total. The number of nitrogens with two attached hydrogens (primary N) is 1. The van der Waals surface area contributed by atoms with Crippen LogP contribution in [0.1, 0.15) is 11.3 Å². The SMILES string of the molecule is Cc1[nH]ccc1CNc1nc(N)nc(N(C)C)n1. The van der Waals surface area contributed by atoms with Crippen LogP contribution >= 0.6 is 0 Å². The van der Waals surface area contributed by atoms with Crippen molar-refractivity contribution in [2.24, 2.45) is 0 Å². The third kappa shape index (κ3) is 2.68. The van der Waals surface area contributed by atoms with E-state index in [1.807, 2.05) is 33.3 Å². The van der Waals surface area contributed by atoms with Gasteiger partial charge in [0.05, 0.1) is 0 Å².